The summed E-state index contributed by atoms with van der Waals surface area (Å²) in [5, 5.41) is 0.643. The molecule has 5 heteroatoms. The van der Waals surface area contributed by atoms with Gasteiger partial charge in [-0.3, -0.25) is 4.79 Å². The van der Waals surface area contributed by atoms with Crippen LogP contribution >= 0.6 is 11.6 Å². The van der Waals surface area contributed by atoms with Crippen LogP contribution in [-0.2, 0) is 17.9 Å². The zero-order valence-electron chi connectivity index (χ0n) is 16.9. The molecule has 0 unspecified atom stereocenters. The summed E-state index contributed by atoms with van der Waals surface area (Å²) in [4.78, 5) is 14.8. The Morgan fingerprint density at radius 3 is 2.45 bits per heavy atom. The zero-order valence-corrected chi connectivity index (χ0v) is 17.7. The van der Waals surface area contributed by atoms with Crippen LogP contribution < -0.4 is 4.74 Å². The SMILES string of the molecule is CC(C)CN(Cc1cccn1Cc1ccccc1)C(=O)COc1ccc(Cl)cc1. The average molecular weight is 411 g/mol. The number of benzene rings is 2. The van der Waals surface area contributed by atoms with Crippen molar-refractivity contribution in [2.24, 2.45) is 5.92 Å². The third kappa shape index (κ3) is 6.40. The van der Waals surface area contributed by atoms with E-state index in [-0.39, 0.29) is 12.5 Å². The molecule has 0 saturated heterocycles. The van der Waals surface area contributed by atoms with Gasteiger partial charge in [0.05, 0.1) is 6.54 Å². The van der Waals surface area contributed by atoms with Crippen LogP contribution in [0.4, 0.5) is 0 Å². The number of rotatable bonds is 9. The molecule has 1 heterocycles. The highest BCUT2D eigenvalue weighted by Gasteiger charge is 2.18. The molecule has 0 aliphatic rings. The molecule has 0 saturated carbocycles. The number of carbonyl (C=O) groups is 1. The Bertz CT molecular complexity index is 904. The van der Waals surface area contributed by atoms with Crippen molar-refractivity contribution in [1.29, 1.82) is 0 Å². The molecule has 0 bridgehead atoms. The molecule has 3 aromatic rings. The lowest BCUT2D eigenvalue weighted by molar-refractivity contribution is -0.134. The maximum Gasteiger partial charge on any atom is 0.260 e. The number of ether oxygens (including phenoxy) is 1. The minimum absolute atomic E-state index is 0.00768. The molecule has 0 radical (unpaired) electrons. The molecular formula is C24H27ClN2O2. The van der Waals surface area contributed by atoms with Crippen molar-refractivity contribution in [2.45, 2.75) is 26.9 Å². The molecule has 0 aliphatic heterocycles. The predicted molar refractivity (Wildman–Crippen MR) is 117 cm³/mol. The van der Waals surface area contributed by atoms with Crippen molar-refractivity contribution < 1.29 is 9.53 Å². The van der Waals surface area contributed by atoms with E-state index in [0.717, 1.165) is 12.2 Å². The van der Waals surface area contributed by atoms with Gasteiger partial charge in [0.1, 0.15) is 5.75 Å². The van der Waals surface area contributed by atoms with Gasteiger partial charge in [0.2, 0.25) is 0 Å². The molecule has 0 atom stereocenters. The highest BCUT2D eigenvalue weighted by molar-refractivity contribution is 6.30. The van der Waals surface area contributed by atoms with Gasteiger partial charge in [0.25, 0.3) is 5.91 Å². The van der Waals surface area contributed by atoms with E-state index >= 15 is 0 Å². The van der Waals surface area contributed by atoms with Crippen LogP contribution in [0.5, 0.6) is 5.75 Å². The first kappa shape index (κ1) is 21.0. The van der Waals surface area contributed by atoms with Crippen LogP contribution in [0.25, 0.3) is 0 Å². The molecule has 1 amide bonds. The summed E-state index contributed by atoms with van der Waals surface area (Å²) < 4.78 is 7.86. The minimum Gasteiger partial charge on any atom is -0.484 e. The monoisotopic (exact) mass is 410 g/mol. The predicted octanol–water partition coefficient (Wildman–Crippen LogP) is 5.25. The summed E-state index contributed by atoms with van der Waals surface area (Å²) in [5.74, 6) is 0.979. The Labute approximate surface area is 177 Å². The van der Waals surface area contributed by atoms with E-state index in [2.05, 4.69) is 42.8 Å². The fourth-order valence-corrected chi connectivity index (χ4v) is 3.31. The Kier molecular flexibility index (Phi) is 7.36. The van der Waals surface area contributed by atoms with Gasteiger partial charge in [0.15, 0.2) is 6.61 Å². The Morgan fingerprint density at radius 1 is 1.03 bits per heavy atom. The molecule has 1 aromatic heterocycles. The summed E-state index contributed by atoms with van der Waals surface area (Å²) in [7, 11) is 0. The molecule has 4 nitrogen and oxygen atoms in total. The van der Waals surface area contributed by atoms with Gasteiger partial charge < -0.3 is 14.2 Å². The summed E-state index contributed by atoms with van der Waals surface area (Å²) in [5.41, 5.74) is 2.34. The van der Waals surface area contributed by atoms with Crippen molar-refractivity contribution in [2.75, 3.05) is 13.2 Å². The molecule has 3 rings (SSSR count). The fraction of sp³-hybridized carbons (Fsp3) is 0.292. The van der Waals surface area contributed by atoms with Crippen molar-refractivity contribution in [1.82, 2.24) is 9.47 Å². The van der Waals surface area contributed by atoms with Gasteiger partial charge in [-0.1, -0.05) is 55.8 Å². The van der Waals surface area contributed by atoms with Crippen molar-refractivity contribution in [3.8, 4) is 5.75 Å². The highest BCUT2D eigenvalue weighted by Crippen LogP contribution is 2.16. The van der Waals surface area contributed by atoms with Crippen molar-refractivity contribution in [3.05, 3.63) is 89.2 Å². The third-order valence-corrected chi connectivity index (χ3v) is 4.84. The van der Waals surface area contributed by atoms with Gasteiger partial charge in [-0.15, -0.1) is 0 Å². The standard InChI is InChI=1S/C24H27ClN2O2/c1-19(2)15-27(24(28)18-29-23-12-10-21(25)11-13-23)17-22-9-6-14-26(22)16-20-7-4-3-5-8-20/h3-14,19H,15-18H2,1-2H3. The number of halogens is 1. The summed E-state index contributed by atoms with van der Waals surface area (Å²) in [6.45, 7) is 6.26. The number of hydrogen-bond acceptors (Lipinski definition) is 2. The van der Waals surface area contributed by atoms with Crippen molar-refractivity contribution >= 4 is 17.5 Å². The largest absolute Gasteiger partial charge is 0.484 e. The fourth-order valence-electron chi connectivity index (χ4n) is 3.19. The lowest BCUT2D eigenvalue weighted by Crippen LogP contribution is -2.37. The lowest BCUT2D eigenvalue weighted by Gasteiger charge is -2.25. The number of nitrogens with zero attached hydrogens (tertiary/aromatic N) is 2. The molecule has 0 aliphatic carbocycles. The minimum atomic E-state index is -0.0267. The van der Waals surface area contributed by atoms with Crippen LogP contribution in [0.3, 0.4) is 0 Å². The first-order valence-corrected chi connectivity index (χ1v) is 10.2. The normalized spacial score (nSPS) is 10.9. The Hall–Kier alpha value is -2.72. The molecule has 0 fully saturated rings. The van der Waals surface area contributed by atoms with E-state index in [1.165, 1.54) is 5.56 Å². The molecule has 0 spiro atoms. The second kappa shape index (κ2) is 10.2. The first-order valence-electron chi connectivity index (χ1n) is 9.85. The van der Waals surface area contributed by atoms with Crippen LogP contribution in [0, 0.1) is 5.92 Å². The second-order valence-electron chi connectivity index (χ2n) is 7.52. The Balaban J connectivity index is 1.66. The topological polar surface area (TPSA) is 34.5 Å². The van der Waals surface area contributed by atoms with E-state index in [9.17, 15) is 4.79 Å². The van der Waals surface area contributed by atoms with E-state index in [1.807, 2.05) is 29.2 Å². The number of amides is 1. The van der Waals surface area contributed by atoms with Gasteiger partial charge in [0, 0.05) is 30.0 Å². The van der Waals surface area contributed by atoms with E-state index < -0.39 is 0 Å². The molecule has 29 heavy (non-hydrogen) atoms. The molecule has 152 valence electrons. The Morgan fingerprint density at radius 2 is 1.76 bits per heavy atom. The van der Waals surface area contributed by atoms with Gasteiger partial charge >= 0.3 is 0 Å². The van der Waals surface area contributed by atoms with E-state index in [1.54, 1.807) is 24.3 Å². The van der Waals surface area contributed by atoms with Gasteiger partial charge in [-0.25, -0.2) is 0 Å². The molecule has 0 N–H and O–H groups in total. The number of carbonyl (C=O) groups excluding carboxylic acids is 1. The summed E-state index contributed by atoms with van der Waals surface area (Å²) >= 11 is 5.90. The van der Waals surface area contributed by atoms with Crippen LogP contribution in [0.15, 0.2) is 72.9 Å². The number of aromatic nitrogens is 1. The molecular weight excluding hydrogens is 384 g/mol. The summed E-state index contributed by atoms with van der Waals surface area (Å²) in [6.07, 6.45) is 2.06. The van der Waals surface area contributed by atoms with Crippen LogP contribution in [0.1, 0.15) is 25.1 Å². The van der Waals surface area contributed by atoms with E-state index in [0.29, 0.717) is 29.8 Å². The van der Waals surface area contributed by atoms with Gasteiger partial charge in [-0.2, -0.15) is 0 Å². The average Bonchev–Trinajstić information content (AvgIpc) is 3.14. The maximum absolute atomic E-state index is 12.9. The maximum atomic E-state index is 12.9. The smallest absolute Gasteiger partial charge is 0.260 e. The third-order valence-electron chi connectivity index (χ3n) is 4.59. The first-order chi connectivity index (χ1) is 14.0. The lowest BCUT2D eigenvalue weighted by atomic mass is 10.2. The van der Waals surface area contributed by atoms with E-state index in [4.69, 9.17) is 16.3 Å². The number of hydrogen-bond donors (Lipinski definition) is 0. The molecule has 2 aromatic carbocycles. The summed E-state index contributed by atoms with van der Waals surface area (Å²) in [6, 6.07) is 21.5. The second-order valence-corrected chi connectivity index (χ2v) is 7.96. The van der Waals surface area contributed by atoms with Crippen LogP contribution in [0.2, 0.25) is 5.02 Å². The van der Waals surface area contributed by atoms with Gasteiger partial charge in [-0.05, 0) is 47.9 Å². The quantitative estimate of drug-likeness (QED) is 0.482. The van der Waals surface area contributed by atoms with Crippen molar-refractivity contribution in [3.63, 3.8) is 0 Å². The highest BCUT2D eigenvalue weighted by atomic mass is 35.5. The van der Waals surface area contributed by atoms with Crippen LogP contribution in [-0.4, -0.2) is 28.5 Å². The zero-order chi connectivity index (χ0) is 20.6.